The molecule has 0 unspecified atom stereocenters. The molecule has 0 spiro atoms. The van der Waals surface area contributed by atoms with Crippen LogP contribution in [0.2, 0.25) is 0 Å². The van der Waals surface area contributed by atoms with E-state index in [9.17, 15) is 9.59 Å². The lowest BCUT2D eigenvalue weighted by molar-refractivity contribution is -0.134. The maximum absolute atomic E-state index is 11.4. The second-order valence-corrected chi connectivity index (χ2v) is 3.01. The van der Waals surface area contributed by atoms with Gasteiger partial charge in [0, 0.05) is 13.2 Å². The normalized spacial score (nSPS) is 9.79. The van der Waals surface area contributed by atoms with Crippen molar-refractivity contribution in [3.63, 3.8) is 0 Å². The Kier molecular flexibility index (Phi) is 3.03. The van der Waals surface area contributed by atoms with Crippen LogP contribution in [-0.2, 0) is 11.8 Å². The smallest absolute Gasteiger partial charge is 0.322 e. The van der Waals surface area contributed by atoms with Crippen molar-refractivity contribution in [1.29, 1.82) is 0 Å². The van der Waals surface area contributed by atoms with Crippen molar-refractivity contribution in [2.75, 3.05) is 11.9 Å². The Hall–Kier alpha value is -1.63. The molecule has 14 heavy (non-hydrogen) atoms. The lowest BCUT2D eigenvalue weighted by Crippen LogP contribution is -2.24. The van der Waals surface area contributed by atoms with Crippen LogP contribution in [0.15, 0.2) is 11.0 Å². The molecule has 0 fully saturated rings. The van der Waals surface area contributed by atoms with Crippen LogP contribution in [0.4, 0.5) is 5.69 Å². The Labute approximate surface area is 84.2 Å². The van der Waals surface area contributed by atoms with Gasteiger partial charge in [-0.1, -0.05) is 0 Å². The number of hydrogen-bond acceptors (Lipinski definition) is 4. The lowest BCUT2D eigenvalue weighted by Gasteiger charge is -2.04. The van der Waals surface area contributed by atoms with Crippen LogP contribution in [-0.4, -0.2) is 27.2 Å². The molecular formula is C7H9N3O3S. The van der Waals surface area contributed by atoms with Crippen LogP contribution < -0.4 is 10.9 Å². The van der Waals surface area contributed by atoms with Crippen LogP contribution in [0.1, 0.15) is 0 Å². The van der Waals surface area contributed by atoms with Crippen LogP contribution in [0.3, 0.4) is 0 Å². The molecule has 0 amide bonds. The van der Waals surface area contributed by atoms with Crippen molar-refractivity contribution >= 4 is 23.9 Å². The summed E-state index contributed by atoms with van der Waals surface area (Å²) in [6.45, 7) is -0.306. The van der Waals surface area contributed by atoms with Crippen molar-refractivity contribution in [3.05, 3.63) is 21.3 Å². The molecule has 1 heterocycles. The summed E-state index contributed by atoms with van der Waals surface area (Å²) >= 11 is 4.80. The maximum atomic E-state index is 11.4. The van der Waals surface area contributed by atoms with Crippen molar-refractivity contribution in [2.24, 2.45) is 7.05 Å². The first-order valence-corrected chi connectivity index (χ1v) is 4.17. The van der Waals surface area contributed by atoms with E-state index < -0.39 is 5.97 Å². The molecule has 3 N–H and O–H groups in total. The number of anilines is 1. The van der Waals surface area contributed by atoms with E-state index in [1.165, 1.54) is 17.8 Å². The second kappa shape index (κ2) is 4.05. The summed E-state index contributed by atoms with van der Waals surface area (Å²) in [4.78, 5) is 24.3. The van der Waals surface area contributed by atoms with Crippen LogP contribution in [0.25, 0.3) is 0 Å². The quantitative estimate of drug-likeness (QED) is 0.615. The Morgan fingerprint density at radius 1 is 1.79 bits per heavy atom. The van der Waals surface area contributed by atoms with Gasteiger partial charge in [-0.25, -0.2) is 0 Å². The van der Waals surface area contributed by atoms with E-state index in [4.69, 9.17) is 17.3 Å². The number of rotatable bonds is 3. The summed E-state index contributed by atoms with van der Waals surface area (Å²) in [5.41, 5.74) is -0.168. The molecule has 0 aromatic carbocycles. The van der Waals surface area contributed by atoms with Gasteiger partial charge in [-0.05, 0) is 12.2 Å². The van der Waals surface area contributed by atoms with Gasteiger partial charge in [0.05, 0.1) is 0 Å². The number of hydrogen-bond donors (Lipinski definition) is 3. The first kappa shape index (κ1) is 10.5. The van der Waals surface area contributed by atoms with Gasteiger partial charge in [0.2, 0.25) is 0 Å². The molecular weight excluding hydrogens is 206 g/mol. The van der Waals surface area contributed by atoms with E-state index in [0.717, 1.165) is 0 Å². The number of H-pyrrole nitrogens is 1. The number of carboxylic acid groups (broad SMARTS) is 1. The van der Waals surface area contributed by atoms with Crippen LogP contribution >= 0.6 is 12.2 Å². The number of carbonyl (C=O) groups is 1. The van der Waals surface area contributed by atoms with E-state index in [1.807, 2.05) is 0 Å². The Morgan fingerprint density at radius 3 is 3.00 bits per heavy atom. The fourth-order valence-electron chi connectivity index (χ4n) is 0.863. The number of aromatic nitrogens is 2. The zero-order valence-corrected chi connectivity index (χ0v) is 8.22. The number of aromatic amines is 1. The summed E-state index contributed by atoms with van der Waals surface area (Å²) in [6, 6.07) is 0. The monoisotopic (exact) mass is 215 g/mol. The Morgan fingerprint density at radius 2 is 2.43 bits per heavy atom. The predicted molar refractivity (Wildman–Crippen MR) is 53.0 cm³/mol. The van der Waals surface area contributed by atoms with E-state index in [1.54, 1.807) is 0 Å². The summed E-state index contributed by atoms with van der Waals surface area (Å²) in [5, 5.41) is 10.9. The molecule has 0 aliphatic carbocycles. The highest BCUT2D eigenvalue weighted by Crippen LogP contribution is 1.94. The summed E-state index contributed by atoms with van der Waals surface area (Å²) in [7, 11) is 1.51. The zero-order valence-electron chi connectivity index (χ0n) is 7.40. The molecule has 0 radical (unpaired) electrons. The minimum Gasteiger partial charge on any atom is -0.480 e. The molecule has 6 nitrogen and oxygen atoms in total. The maximum Gasteiger partial charge on any atom is 0.322 e. The molecule has 1 aromatic rings. The third-order valence-corrected chi connectivity index (χ3v) is 2.00. The van der Waals surface area contributed by atoms with Gasteiger partial charge in [-0.15, -0.1) is 0 Å². The summed E-state index contributed by atoms with van der Waals surface area (Å²) in [5.74, 6) is -1.03. The standard InChI is InChI=1S/C7H9N3O3S/c1-10-6(13)4(2-9-7(10)14)8-3-5(11)12/h2,8H,3H2,1H3,(H,9,14)(H,11,12). The van der Waals surface area contributed by atoms with Gasteiger partial charge < -0.3 is 15.4 Å². The van der Waals surface area contributed by atoms with Crippen LogP contribution in [0, 0.1) is 4.77 Å². The largest absolute Gasteiger partial charge is 0.480 e. The number of carboxylic acids is 1. The van der Waals surface area contributed by atoms with Crippen LogP contribution in [0.5, 0.6) is 0 Å². The summed E-state index contributed by atoms with van der Waals surface area (Å²) < 4.78 is 1.51. The summed E-state index contributed by atoms with van der Waals surface area (Å²) in [6.07, 6.45) is 1.35. The van der Waals surface area contributed by atoms with E-state index in [-0.39, 0.29) is 22.6 Å². The topological polar surface area (TPSA) is 87.1 Å². The zero-order chi connectivity index (χ0) is 10.7. The molecule has 1 aromatic heterocycles. The average molecular weight is 215 g/mol. The predicted octanol–water partition coefficient (Wildman–Crippen LogP) is -0.0606. The third kappa shape index (κ3) is 2.19. The molecule has 1 rings (SSSR count). The molecule has 76 valence electrons. The molecule has 0 atom stereocenters. The van der Waals surface area contributed by atoms with E-state index in [0.29, 0.717) is 0 Å². The fraction of sp³-hybridized carbons (Fsp3) is 0.286. The number of aliphatic carboxylic acids is 1. The fourth-order valence-corrected chi connectivity index (χ4v) is 1.00. The Bertz CT molecular complexity index is 462. The van der Waals surface area contributed by atoms with Crippen molar-refractivity contribution in [1.82, 2.24) is 9.55 Å². The molecule has 0 aliphatic heterocycles. The molecule has 0 saturated carbocycles. The highest BCUT2D eigenvalue weighted by atomic mass is 32.1. The first-order chi connectivity index (χ1) is 6.52. The highest BCUT2D eigenvalue weighted by Gasteiger charge is 2.03. The van der Waals surface area contributed by atoms with Crippen molar-refractivity contribution in [2.45, 2.75) is 0 Å². The molecule has 7 heteroatoms. The van der Waals surface area contributed by atoms with Gasteiger partial charge >= 0.3 is 5.97 Å². The second-order valence-electron chi connectivity index (χ2n) is 2.62. The highest BCUT2D eigenvalue weighted by molar-refractivity contribution is 7.71. The number of nitrogens with one attached hydrogen (secondary N) is 2. The molecule has 0 bridgehead atoms. The van der Waals surface area contributed by atoms with E-state index >= 15 is 0 Å². The Balaban J connectivity index is 3.01. The number of nitrogens with zero attached hydrogens (tertiary/aromatic N) is 1. The van der Waals surface area contributed by atoms with Gasteiger partial charge in [0.1, 0.15) is 12.2 Å². The third-order valence-electron chi connectivity index (χ3n) is 1.61. The molecule has 0 saturated heterocycles. The van der Waals surface area contributed by atoms with E-state index in [2.05, 4.69) is 10.3 Å². The van der Waals surface area contributed by atoms with Crippen molar-refractivity contribution in [3.8, 4) is 0 Å². The lowest BCUT2D eigenvalue weighted by atomic mass is 10.5. The van der Waals surface area contributed by atoms with Gasteiger partial charge in [0.25, 0.3) is 5.56 Å². The van der Waals surface area contributed by atoms with Crippen molar-refractivity contribution < 1.29 is 9.90 Å². The minimum atomic E-state index is -1.03. The van der Waals surface area contributed by atoms with Gasteiger partial charge in [-0.3, -0.25) is 14.2 Å². The van der Waals surface area contributed by atoms with Gasteiger partial charge in [0.15, 0.2) is 4.77 Å². The first-order valence-electron chi connectivity index (χ1n) is 3.76. The average Bonchev–Trinajstić information content (AvgIpc) is 2.13. The molecule has 0 aliphatic rings. The minimum absolute atomic E-state index is 0.184. The van der Waals surface area contributed by atoms with Gasteiger partial charge in [-0.2, -0.15) is 0 Å². The SMILES string of the molecule is Cn1c(=S)[nH]cc(NCC(=O)O)c1=O.